The molecule has 0 aromatic rings. The van der Waals surface area contributed by atoms with Crippen LogP contribution in [0.5, 0.6) is 0 Å². The second-order valence-electron chi connectivity index (χ2n) is 11.3. The van der Waals surface area contributed by atoms with Gasteiger partial charge >= 0.3 is 0 Å². The molecule has 0 saturated heterocycles. The van der Waals surface area contributed by atoms with Crippen molar-refractivity contribution >= 4 is 0 Å². The standard InChI is InChI=1S/C33H49N3/c1-3-5-7-9-11-13-19-36(20-14-12-10-8-6-4-2)33-18-17-28-21-27-15-16-29(32(25-34)26-35)22-30(27)23-31(28)24-33/h22-24,27-28H,3-21H2,1-2H3. The maximum Gasteiger partial charge on any atom is 0.132 e. The number of nitrogens with zero attached hydrogens (tertiary/aromatic N) is 3. The zero-order valence-electron chi connectivity index (χ0n) is 23.2. The van der Waals surface area contributed by atoms with Crippen molar-refractivity contribution in [3.05, 3.63) is 46.2 Å². The monoisotopic (exact) mass is 487 g/mol. The van der Waals surface area contributed by atoms with E-state index >= 15 is 0 Å². The number of hydrogen-bond acceptors (Lipinski definition) is 3. The summed E-state index contributed by atoms with van der Waals surface area (Å²) >= 11 is 0. The van der Waals surface area contributed by atoms with Gasteiger partial charge in [-0.3, -0.25) is 0 Å². The predicted molar refractivity (Wildman–Crippen MR) is 151 cm³/mol. The minimum absolute atomic E-state index is 0.297. The molecular weight excluding hydrogens is 438 g/mol. The van der Waals surface area contributed by atoms with Gasteiger partial charge in [-0.1, -0.05) is 90.2 Å². The summed E-state index contributed by atoms with van der Waals surface area (Å²) in [5.41, 5.74) is 5.63. The first-order valence-corrected chi connectivity index (χ1v) is 15.1. The first-order valence-electron chi connectivity index (χ1n) is 15.1. The van der Waals surface area contributed by atoms with Crippen LogP contribution in [0.25, 0.3) is 0 Å². The van der Waals surface area contributed by atoms with Gasteiger partial charge < -0.3 is 4.90 Å². The van der Waals surface area contributed by atoms with E-state index in [0.29, 0.717) is 17.4 Å². The van der Waals surface area contributed by atoms with Crippen molar-refractivity contribution in [3.63, 3.8) is 0 Å². The van der Waals surface area contributed by atoms with E-state index in [-0.39, 0.29) is 0 Å². The number of rotatable bonds is 15. The number of allylic oxidation sites excluding steroid dienone is 8. The van der Waals surface area contributed by atoms with Gasteiger partial charge in [0.1, 0.15) is 17.7 Å². The summed E-state index contributed by atoms with van der Waals surface area (Å²) in [6, 6.07) is 4.20. The number of nitriles is 2. The summed E-state index contributed by atoms with van der Waals surface area (Å²) in [5.74, 6) is 1.27. The molecule has 3 aliphatic rings. The van der Waals surface area contributed by atoms with E-state index < -0.39 is 0 Å². The van der Waals surface area contributed by atoms with E-state index in [1.54, 1.807) is 5.70 Å². The third kappa shape index (κ3) is 8.40. The van der Waals surface area contributed by atoms with E-state index in [4.69, 9.17) is 0 Å². The van der Waals surface area contributed by atoms with Crippen molar-refractivity contribution in [1.29, 1.82) is 10.5 Å². The summed E-state index contributed by atoms with van der Waals surface area (Å²) in [7, 11) is 0. The molecule has 196 valence electrons. The third-order valence-electron chi connectivity index (χ3n) is 8.54. The molecule has 3 aliphatic carbocycles. The Hall–Kier alpha value is -2.26. The van der Waals surface area contributed by atoms with Gasteiger partial charge in [-0.15, -0.1) is 0 Å². The molecule has 3 heteroatoms. The molecule has 0 amide bonds. The summed E-state index contributed by atoms with van der Waals surface area (Å²) in [4.78, 5) is 2.73. The Bertz CT molecular complexity index is 872. The van der Waals surface area contributed by atoms with E-state index in [2.05, 4.69) is 49.1 Å². The van der Waals surface area contributed by atoms with Gasteiger partial charge in [-0.2, -0.15) is 10.5 Å². The molecule has 0 heterocycles. The van der Waals surface area contributed by atoms with E-state index in [1.807, 2.05) is 0 Å². The van der Waals surface area contributed by atoms with Crippen molar-refractivity contribution in [2.24, 2.45) is 11.8 Å². The molecule has 3 rings (SSSR count). The number of unbranched alkanes of at least 4 members (excludes halogenated alkanes) is 10. The maximum absolute atomic E-state index is 9.33. The van der Waals surface area contributed by atoms with Crippen molar-refractivity contribution in [3.8, 4) is 12.1 Å². The lowest BCUT2D eigenvalue weighted by Gasteiger charge is -2.38. The molecule has 3 nitrogen and oxygen atoms in total. The molecule has 0 radical (unpaired) electrons. The summed E-state index contributed by atoms with van der Waals surface area (Å²) < 4.78 is 0. The minimum atomic E-state index is 0.297. The van der Waals surface area contributed by atoms with Gasteiger partial charge in [0.2, 0.25) is 0 Å². The topological polar surface area (TPSA) is 50.8 Å². The van der Waals surface area contributed by atoms with Crippen LogP contribution >= 0.6 is 0 Å². The normalized spacial score (nSPS) is 20.8. The van der Waals surface area contributed by atoms with Crippen LogP contribution < -0.4 is 0 Å². The molecule has 0 saturated carbocycles. The molecule has 0 aromatic heterocycles. The molecule has 36 heavy (non-hydrogen) atoms. The lowest BCUT2D eigenvalue weighted by molar-refractivity contribution is 0.293. The smallest absolute Gasteiger partial charge is 0.132 e. The Morgan fingerprint density at radius 1 is 0.722 bits per heavy atom. The van der Waals surface area contributed by atoms with Crippen LogP contribution in [-0.4, -0.2) is 18.0 Å². The largest absolute Gasteiger partial charge is 0.375 e. The predicted octanol–water partition coefficient (Wildman–Crippen LogP) is 9.31. The van der Waals surface area contributed by atoms with Crippen LogP contribution in [0.1, 0.15) is 123 Å². The Morgan fingerprint density at radius 3 is 1.83 bits per heavy atom. The average Bonchev–Trinajstić information content (AvgIpc) is 2.90. The Labute approximate surface area is 221 Å². The van der Waals surface area contributed by atoms with Crippen LogP contribution in [0.4, 0.5) is 0 Å². The molecule has 2 atom stereocenters. The third-order valence-corrected chi connectivity index (χ3v) is 8.54. The lowest BCUT2D eigenvalue weighted by atomic mass is 9.69. The summed E-state index contributed by atoms with van der Waals surface area (Å²) in [6.07, 6.45) is 29.0. The van der Waals surface area contributed by atoms with Gasteiger partial charge in [0.05, 0.1) is 0 Å². The Kier molecular flexibility index (Phi) is 12.4. The molecule has 0 fully saturated rings. The molecule has 0 N–H and O–H groups in total. The SMILES string of the molecule is CCCCCCCCN(CCCCCCCC)C1=CC2=CC3=CC(=C(C#N)C#N)CCC3CC2CC1. The quantitative estimate of drug-likeness (QED) is 0.171. The van der Waals surface area contributed by atoms with Crippen molar-refractivity contribution in [2.75, 3.05) is 13.1 Å². The van der Waals surface area contributed by atoms with E-state index in [1.165, 1.54) is 121 Å². The fourth-order valence-electron chi connectivity index (χ4n) is 6.30. The molecular formula is C33H49N3. The van der Waals surface area contributed by atoms with E-state index in [0.717, 1.165) is 18.4 Å². The number of hydrogen-bond donors (Lipinski definition) is 0. The first-order chi connectivity index (χ1) is 17.7. The highest BCUT2D eigenvalue weighted by Gasteiger charge is 2.32. The van der Waals surface area contributed by atoms with Crippen LogP contribution in [0.2, 0.25) is 0 Å². The van der Waals surface area contributed by atoms with Crippen molar-refractivity contribution in [1.82, 2.24) is 4.90 Å². The highest BCUT2D eigenvalue weighted by Crippen LogP contribution is 2.45. The van der Waals surface area contributed by atoms with Gasteiger partial charge in [-0.05, 0) is 79.6 Å². The van der Waals surface area contributed by atoms with Crippen LogP contribution in [-0.2, 0) is 0 Å². The Balaban J connectivity index is 1.69. The maximum atomic E-state index is 9.33. The molecule has 0 aliphatic heterocycles. The lowest BCUT2D eigenvalue weighted by Crippen LogP contribution is -2.30. The zero-order chi connectivity index (χ0) is 25.6. The van der Waals surface area contributed by atoms with Crippen LogP contribution in [0.3, 0.4) is 0 Å². The van der Waals surface area contributed by atoms with Crippen LogP contribution in [0, 0.1) is 34.5 Å². The van der Waals surface area contributed by atoms with Crippen molar-refractivity contribution in [2.45, 2.75) is 123 Å². The molecule has 0 aromatic carbocycles. The van der Waals surface area contributed by atoms with Gasteiger partial charge in [0.15, 0.2) is 0 Å². The molecule has 2 unspecified atom stereocenters. The molecule has 0 bridgehead atoms. The van der Waals surface area contributed by atoms with Gasteiger partial charge in [0, 0.05) is 18.8 Å². The highest BCUT2D eigenvalue weighted by atomic mass is 15.1. The minimum Gasteiger partial charge on any atom is -0.375 e. The van der Waals surface area contributed by atoms with Gasteiger partial charge in [0.25, 0.3) is 0 Å². The summed E-state index contributed by atoms with van der Waals surface area (Å²) in [6.45, 7) is 6.99. The van der Waals surface area contributed by atoms with Gasteiger partial charge in [-0.25, -0.2) is 0 Å². The Morgan fingerprint density at radius 2 is 1.25 bits per heavy atom. The number of fused-ring (bicyclic) bond motifs is 2. The average molecular weight is 488 g/mol. The fraction of sp³-hybridized carbons (Fsp3) is 0.697. The summed E-state index contributed by atoms with van der Waals surface area (Å²) in [5, 5.41) is 18.7. The fourth-order valence-corrected chi connectivity index (χ4v) is 6.30. The first kappa shape index (κ1) is 28.3. The zero-order valence-corrected chi connectivity index (χ0v) is 23.2. The van der Waals surface area contributed by atoms with E-state index in [9.17, 15) is 10.5 Å². The second-order valence-corrected chi connectivity index (χ2v) is 11.3. The second kappa shape index (κ2) is 15.8. The van der Waals surface area contributed by atoms with Crippen LogP contribution in [0.15, 0.2) is 46.2 Å². The molecule has 0 spiro atoms. The van der Waals surface area contributed by atoms with Crippen molar-refractivity contribution < 1.29 is 0 Å². The highest BCUT2D eigenvalue weighted by molar-refractivity contribution is 5.51.